The van der Waals surface area contributed by atoms with Crippen molar-refractivity contribution in [3.05, 3.63) is 30.1 Å². The first-order valence-electron chi connectivity index (χ1n) is 7.35. The van der Waals surface area contributed by atoms with Crippen molar-refractivity contribution in [1.29, 1.82) is 0 Å². The molecule has 0 fully saturated rings. The van der Waals surface area contributed by atoms with Crippen molar-refractivity contribution in [3.8, 4) is 0 Å². The second kappa shape index (κ2) is 6.16. The fourth-order valence-electron chi connectivity index (χ4n) is 2.53. The summed E-state index contributed by atoms with van der Waals surface area (Å²) in [6.45, 7) is 10.1. The third kappa shape index (κ3) is 3.35. The van der Waals surface area contributed by atoms with Crippen LogP contribution in [0.4, 0.5) is 5.82 Å². The van der Waals surface area contributed by atoms with Crippen LogP contribution >= 0.6 is 0 Å². The molecule has 2 heterocycles. The molecule has 5 nitrogen and oxygen atoms in total. The van der Waals surface area contributed by atoms with E-state index in [1.54, 1.807) is 10.6 Å². The first kappa shape index (κ1) is 15.4. The molecule has 0 aromatic carbocycles. The van der Waals surface area contributed by atoms with E-state index < -0.39 is 5.97 Å². The number of hydrogen-bond donors (Lipinski definition) is 1. The first-order chi connectivity index (χ1) is 9.90. The molecule has 114 valence electrons. The number of carboxylic acids is 1. The molecule has 0 aliphatic carbocycles. The van der Waals surface area contributed by atoms with Crippen LogP contribution in [0, 0.1) is 11.8 Å². The van der Waals surface area contributed by atoms with Gasteiger partial charge in [-0.05, 0) is 24.0 Å². The van der Waals surface area contributed by atoms with Gasteiger partial charge in [-0.3, -0.25) is 4.40 Å². The molecule has 0 saturated heterocycles. The van der Waals surface area contributed by atoms with Crippen molar-refractivity contribution < 1.29 is 9.90 Å². The minimum atomic E-state index is -0.943. The maximum Gasteiger partial charge on any atom is 0.356 e. The Hall–Kier alpha value is -2.04. The molecule has 0 amide bonds. The lowest BCUT2D eigenvalue weighted by molar-refractivity contribution is 0.0690. The lowest BCUT2D eigenvalue weighted by Gasteiger charge is -2.26. The van der Waals surface area contributed by atoms with Gasteiger partial charge in [-0.15, -0.1) is 0 Å². The fourth-order valence-corrected chi connectivity index (χ4v) is 2.53. The highest BCUT2D eigenvalue weighted by atomic mass is 16.4. The Morgan fingerprint density at radius 1 is 1.24 bits per heavy atom. The van der Waals surface area contributed by atoms with E-state index >= 15 is 0 Å². The average molecular weight is 289 g/mol. The molecule has 5 heteroatoms. The number of carboxylic acid groups (broad SMARTS) is 1. The highest BCUT2D eigenvalue weighted by Gasteiger charge is 2.24. The molecule has 0 aliphatic rings. The van der Waals surface area contributed by atoms with Crippen LogP contribution < -0.4 is 4.90 Å². The monoisotopic (exact) mass is 289 g/mol. The number of carbonyl (C=O) groups is 1. The Labute approximate surface area is 125 Å². The van der Waals surface area contributed by atoms with E-state index in [0.717, 1.165) is 13.1 Å². The standard InChI is InChI=1S/C16H23N3O2/c1-11(2)9-18(10-12(3)4)15-14(16(20)21)19-8-6-5-7-13(19)17-15/h5-8,11-12H,9-10H2,1-4H3,(H,20,21). The smallest absolute Gasteiger partial charge is 0.356 e. The SMILES string of the molecule is CC(C)CN(CC(C)C)c1nc2ccccn2c1C(=O)O. The Morgan fingerprint density at radius 3 is 2.38 bits per heavy atom. The van der Waals surface area contributed by atoms with E-state index in [1.165, 1.54) is 0 Å². The molecule has 21 heavy (non-hydrogen) atoms. The van der Waals surface area contributed by atoms with E-state index in [9.17, 15) is 9.90 Å². The summed E-state index contributed by atoms with van der Waals surface area (Å²) in [5.74, 6) is 0.503. The van der Waals surface area contributed by atoms with Crippen molar-refractivity contribution in [2.24, 2.45) is 11.8 Å². The normalized spacial score (nSPS) is 11.5. The van der Waals surface area contributed by atoms with Crippen LogP contribution in [0.25, 0.3) is 5.65 Å². The first-order valence-corrected chi connectivity index (χ1v) is 7.35. The summed E-state index contributed by atoms with van der Waals surface area (Å²) in [5.41, 5.74) is 0.911. The molecule has 0 atom stereocenters. The van der Waals surface area contributed by atoms with Gasteiger partial charge in [0.25, 0.3) is 0 Å². The van der Waals surface area contributed by atoms with Gasteiger partial charge < -0.3 is 10.0 Å². The number of aromatic carboxylic acids is 1. The van der Waals surface area contributed by atoms with Crippen LogP contribution in [-0.2, 0) is 0 Å². The summed E-state index contributed by atoms with van der Waals surface area (Å²) >= 11 is 0. The Bertz CT molecular complexity index is 621. The molecule has 0 radical (unpaired) electrons. The fraction of sp³-hybridized carbons (Fsp3) is 0.500. The van der Waals surface area contributed by atoms with Crippen molar-refractivity contribution >= 4 is 17.4 Å². The highest BCUT2D eigenvalue weighted by molar-refractivity contribution is 5.93. The summed E-state index contributed by atoms with van der Waals surface area (Å²) in [4.78, 5) is 18.3. The quantitative estimate of drug-likeness (QED) is 0.887. The van der Waals surface area contributed by atoms with Gasteiger partial charge >= 0.3 is 5.97 Å². The van der Waals surface area contributed by atoms with Gasteiger partial charge in [-0.1, -0.05) is 33.8 Å². The van der Waals surface area contributed by atoms with Crippen LogP contribution in [0.5, 0.6) is 0 Å². The van der Waals surface area contributed by atoms with Gasteiger partial charge in [0.05, 0.1) is 0 Å². The number of nitrogens with zero attached hydrogens (tertiary/aromatic N) is 3. The van der Waals surface area contributed by atoms with E-state index in [4.69, 9.17) is 0 Å². The number of aromatic nitrogens is 2. The molecule has 2 aromatic rings. The Morgan fingerprint density at radius 2 is 1.86 bits per heavy atom. The van der Waals surface area contributed by atoms with Gasteiger partial charge in [-0.2, -0.15) is 0 Å². The number of anilines is 1. The maximum atomic E-state index is 11.7. The molecule has 0 unspecified atom stereocenters. The van der Waals surface area contributed by atoms with Gasteiger partial charge in [0.2, 0.25) is 0 Å². The summed E-state index contributed by atoms with van der Waals surface area (Å²) in [6.07, 6.45) is 1.75. The molecule has 0 saturated carbocycles. The van der Waals surface area contributed by atoms with E-state index in [2.05, 4.69) is 37.6 Å². The zero-order valence-corrected chi connectivity index (χ0v) is 13.1. The second-order valence-corrected chi connectivity index (χ2v) is 6.21. The van der Waals surface area contributed by atoms with Crippen molar-refractivity contribution in [2.45, 2.75) is 27.7 Å². The summed E-state index contributed by atoms with van der Waals surface area (Å²) in [7, 11) is 0. The van der Waals surface area contributed by atoms with Crippen LogP contribution in [0.3, 0.4) is 0 Å². The van der Waals surface area contributed by atoms with Crippen molar-refractivity contribution in [1.82, 2.24) is 9.38 Å². The molecular formula is C16H23N3O2. The van der Waals surface area contributed by atoms with Crippen LogP contribution in [0.1, 0.15) is 38.2 Å². The van der Waals surface area contributed by atoms with E-state index in [1.807, 2.05) is 18.2 Å². The lowest BCUT2D eigenvalue weighted by atomic mass is 10.1. The number of rotatable bonds is 6. The molecule has 1 N–H and O–H groups in total. The minimum absolute atomic E-state index is 0.243. The lowest BCUT2D eigenvalue weighted by Crippen LogP contribution is -2.32. The molecule has 0 aliphatic heterocycles. The van der Waals surface area contributed by atoms with Gasteiger partial charge in [0.1, 0.15) is 5.65 Å². The average Bonchev–Trinajstić information content (AvgIpc) is 2.75. The zero-order chi connectivity index (χ0) is 15.6. The van der Waals surface area contributed by atoms with E-state index in [-0.39, 0.29) is 5.69 Å². The van der Waals surface area contributed by atoms with Crippen LogP contribution in [0.15, 0.2) is 24.4 Å². The van der Waals surface area contributed by atoms with E-state index in [0.29, 0.717) is 23.3 Å². The van der Waals surface area contributed by atoms with Crippen LogP contribution in [-0.4, -0.2) is 33.6 Å². The molecule has 0 bridgehead atoms. The third-order valence-electron chi connectivity index (χ3n) is 3.18. The molecule has 2 rings (SSSR count). The summed E-state index contributed by atoms with van der Waals surface area (Å²) < 4.78 is 1.64. The second-order valence-electron chi connectivity index (χ2n) is 6.21. The molecular weight excluding hydrogens is 266 g/mol. The highest BCUT2D eigenvalue weighted by Crippen LogP contribution is 2.23. The van der Waals surface area contributed by atoms with Gasteiger partial charge in [-0.25, -0.2) is 9.78 Å². The Kier molecular flexibility index (Phi) is 4.50. The number of hydrogen-bond acceptors (Lipinski definition) is 3. The maximum absolute atomic E-state index is 11.7. The topological polar surface area (TPSA) is 57.8 Å². The molecule has 0 spiro atoms. The Balaban J connectivity index is 2.55. The minimum Gasteiger partial charge on any atom is -0.476 e. The summed E-state index contributed by atoms with van der Waals surface area (Å²) in [5, 5.41) is 9.58. The van der Waals surface area contributed by atoms with Gasteiger partial charge in [0.15, 0.2) is 11.5 Å². The van der Waals surface area contributed by atoms with Crippen molar-refractivity contribution in [3.63, 3.8) is 0 Å². The number of pyridine rings is 1. The largest absolute Gasteiger partial charge is 0.476 e. The van der Waals surface area contributed by atoms with Gasteiger partial charge in [0, 0.05) is 19.3 Å². The number of imidazole rings is 1. The number of fused-ring (bicyclic) bond motifs is 1. The third-order valence-corrected chi connectivity index (χ3v) is 3.18. The molecule has 2 aromatic heterocycles. The van der Waals surface area contributed by atoms with Crippen LogP contribution in [0.2, 0.25) is 0 Å². The predicted molar refractivity (Wildman–Crippen MR) is 84.0 cm³/mol. The van der Waals surface area contributed by atoms with Crippen molar-refractivity contribution in [2.75, 3.05) is 18.0 Å². The zero-order valence-electron chi connectivity index (χ0n) is 13.1. The predicted octanol–water partition coefficient (Wildman–Crippen LogP) is 3.15. The summed E-state index contributed by atoms with van der Waals surface area (Å²) in [6, 6.07) is 5.52.